The Morgan fingerprint density at radius 1 is 1.19 bits per heavy atom. The Balaban J connectivity index is 2.88. The lowest BCUT2D eigenvalue weighted by Crippen LogP contribution is -2.30. The minimum atomic E-state index is -0.941. The molecule has 1 aromatic rings. The molecule has 6 heteroatoms. The Labute approximate surface area is 129 Å². The molecule has 0 bridgehead atoms. The number of thiazole rings is 1. The Kier molecular flexibility index (Phi) is 6.33. The maximum Gasteiger partial charge on any atom is 0.320 e. The predicted molar refractivity (Wildman–Crippen MR) is 81.3 cm³/mol. The van der Waals surface area contributed by atoms with E-state index in [9.17, 15) is 9.59 Å². The second-order valence-corrected chi connectivity index (χ2v) is 6.58. The largest absolute Gasteiger partial charge is 0.465 e. The van der Waals surface area contributed by atoms with Crippen LogP contribution in [0.25, 0.3) is 0 Å². The molecular weight excluding hydrogens is 290 g/mol. The molecule has 0 spiro atoms. The topological polar surface area (TPSA) is 65.5 Å². The SMILES string of the molecule is CCOC(=O)C(Cc1nc(C(C)(C)C)cs1)C(=O)OCC. The van der Waals surface area contributed by atoms with Crippen LogP contribution in [0.1, 0.15) is 45.3 Å². The summed E-state index contributed by atoms with van der Waals surface area (Å²) in [5, 5.41) is 2.70. The lowest BCUT2D eigenvalue weighted by Gasteiger charge is -2.15. The minimum Gasteiger partial charge on any atom is -0.465 e. The minimum absolute atomic E-state index is 0.0574. The van der Waals surface area contributed by atoms with Crippen LogP contribution in [0.5, 0.6) is 0 Å². The van der Waals surface area contributed by atoms with Crippen molar-refractivity contribution in [2.75, 3.05) is 13.2 Å². The van der Waals surface area contributed by atoms with Crippen LogP contribution in [0.4, 0.5) is 0 Å². The first kappa shape index (κ1) is 17.6. The van der Waals surface area contributed by atoms with E-state index >= 15 is 0 Å². The molecule has 0 fully saturated rings. The third-order valence-electron chi connectivity index (χ3n) is 2.84. The Bertz CT molecular complexity index is 472. The molecule has 118 valence electrons. The molecule has 0 amide bonds. The van der Waals surface area contributed by atoms with E-state index in [1.54, 1.807) is 13.8 Å². The molecule has 0 atom stereocenters. The van der Waals surface area contributed by atoms with E-state index in [2.05, 4.69) is 25.8 Å². The van der Waals surface area contributed by atoms with Gasteiger partial charge < -0.3 is 9.47 Å². The molecule has 1 aromatic heterocycles. The standard InChI is InChI=1S/C15H23NO4S/c1-6-19-13(17)10(14(18)20-7-2)8-12-16-11(9-21-12)15(3,4)5/h9-10H,6-8H2,1-5H3. The Morgan fingerprint density at radius 2 is 1.71 bits per heavy atom. The van der Waals surface area contributed by atoms with E-state index in [-0.39, 0.29) is 25.0 Å². The number of rotatable bonds is 6. The van der Waals surface area contributed by atoms with Gasteiger partial charge in [0.25, 0.3) is 0 Å². The normalized spacial score (nSPS) is 11.5. The van der Waals surface area contributed by atoms with Crippen LogP contribution < -0.4 is 0 Å². The average molecular weight is 313 g/mol. The zero-order valence-corrected chi connectivity index (χ0v) is 14.1. The van der Waals surface area contributed by atoms with E-state index in [0.29, 0.717) is 0 Å². The predicted octanol–water partition coefficient (Wildman–Crippen LogP) is 2.73. The monoisotopic (exact) mass is 313 g/mol. The summed E-state index contributed by atoms with van der Waals surface area (Å²) in [6.07, 6.45) is 0.221. The first-order valence-electron chi connectivity index (χ1n) is 7.07. The van der Waals surface area contributed by atoms with Crippen molar-refractivity contribution in [2.45, 2.75) is 46.5 Å². The molecule has 0 aromatic carbocycles. The van der Waals surface area contributed by atoms with Crippen molar-refractivity contribution >= 4 is 23.3 Å². The molecule has 5 nitrogen and oxygen atoms in total. The van der Waals surface area contributed by atoms with Gasteiger partial charge in [0.05, 0.1) is 23.9 Å². The number of hydrogen-bond acceptors (Lipinski definition) is 6. The van der Waals surface area contributed by atoms with Gasteiger partial charge in [-0.15, -0.1) is 11.3 Å². The molecule has 0 unspecified atom stereocenters. The van der Waals surface area contributed by atoms with Crippen molar-refractivity contribution in [3.05, 3.63) is 16.1 Å². The quantitative estimate of drug-likeness (QED) is 0.597. The van der Waals surface area contributed by atoms with Crippen LogP contribution in [-0.4, -0.2) is 30.1 Å². The van der Waals surface area contributed by atoms with Crippen molar-refractivity contribution in [2.24, 2.45) is 5.92 Å². The number of carbonyl (C=O) groups is 2. The zero-order valence-electron chi connectivity index (χ0n) is 13.3. The van der Waals surface area contributed by atoms with Gasteiger partial charge in [0.15, 0.2) is 5.92 Å². The number of ether oxygens (including phenoxy) is 2. The highest BCUT2D eigenvalue weighted by Crippen LogP contribution is 2.25. The first-order valence-corrected chi connectivity index (χ1v) is 7.95. The summed E-state index contributed by atoms with van der Waals surface area (Å²) in [6.45, 7) is 10.1. The van der Waals surface area contributed by atoms with E-state index < -0.39 is 17.9 Å². The second kappa shape index (κ2) is 7.54. The first-order chi connectivity index (χ1) is 9.79. The van der Waals surface area contributed by atoms with Crippen LogP contribution in [0.2, 0.25) is 0 Å². The summed E-state index contributed by atoms with van der Waals surface area (Å²) in [5.41, 5.74) is 0.895. The summed E-state index contributed by atoms with van der Waals surface area (Å²) in [7, 11) is 0. The fourth-order valence-corrected chi connectivity index (χ4v) is 2.74. The number of carbonyl (C=O) groups excluding carboxylic acids is 2. The number of hydrogen-bond donors (Lipinski definition) is 0. The van der Waals surface area contributed by atoms with Gasteiger partial charge in [0.1, 0.15) is 0 Å². The second-order valence-electron chi connectivity index (χ2n) is 5.64. The van der Waals surface area contributed by atoms with Gasteiger partial charge in [0, 0.05) is 17.2 Å². The number of aromatic nitrogens is 1. The molecule has 0 aliphatic heterocycles. The van der Waals surface area contributed by atoms with Crippen LogP contribution in [0.3, 0.4) is 0 Å². The van der Waals surface area contributed by atoms with Crippen molar-refractivity contribution in [1.29, 1.82) is 0 Å². The molecule has 0 radical (unpaired) electrons. The van der Waals surface area contributed by atoms with E-state index in [1.807, 2.05) is 5.38 Å². The highest BCUT2D eigenvalue weighted by atomic mass is 32.1. The summed E-state index contributed by atoms with van der Waals surface area (Å²) in [6, 6.07) is 0. The van der Waals surface area contributed by atoms with Gasteiger partial charge in [-0.3, -0.25) is 9.59 Å². The molecule has 0 aliphatic carbocycles. The third-order valence-corrected chi connectivity index (χ3v) is 3.71. The fourth-order valence-electron chi connectivity index (χ4n) is 1.67. The molecule has 0 saturated carbocycles. The van der Waals surface area contributed by atoms with Gasteiger partial charge in [-0.2, -0.15) is 0 Å². The van der Waals surface area contributed by atoms with Gasteiger partial charge >= 0.3 is 11.9 Å². The maximum atomic E-state index is 11.9. The van der Waals surface area contributed by atoms with Crippen molar-refractivity contribution in [3.63, 3.8) is 0 Å². The van der Waals surface area contributed by atoms with Gasteiger partial charge in [-0.05, 0) is 13.8 Å². The Hall–Kier alpha value is -1.43. The van der Waals surface area contributed by atoms with E-state index in [1.165, 1.54) is 11.3 Å². The van der Waals surface area contributed by atoms with E-state index in [4.69, 9.17) is 9.47 Å². The van der Waals surface area contributed by atoms with Crippen molar-refractivity contribution in [3.8, 4) is 0 Å². The fraction of sp³-hybridized carbons (Fsp3) is 0.667. The van der Waals surface area contributed by atoms with Crippen molar-refractivity contribution < 1.29 is 19.1 Å². The lowest BCUT2D eigenvalue weighted by molar-refractivity contribution is -0.161. The van der Waals surface area contributed by atoms with Crippen LogP contribution in [0.15, 0.2) is 5.38 Å². The molecule has 0 saturated heterocycles. The molecule has 0 aliphatic rings. The van der Waals surface area contributed by atoms with Crippen LogP contribution in [0, 0.1) is 5.92 Å². The number of esters is 2. The maximum absolute atomic E-state index is 11.9. The lowest BCUT2D eigenvalue weighted by atomic mass is 9.93. The summed E-state index contributed by atoms with van der Waals surface area (Å²) in [5.74, 6) is -2.05. The summed E-state index contributed by atoms with van der Waals surface area (Å²) in [4.78, 5) is 28.4. The zero-order chi connectivity index (χ0) is 16.0. The average Bonchev–Trinajstić information content (AvgIpc) is 2.84. The van der Waals surface area contributed by atoms with Crippen molar-refractivity contribution in [1.82, 2.24) is 4.98 Å². The molecule has 21 heavy (non-hydrogen) atoms. The molecule has 1 heterocycles. The van der Waals surface area contributed by atoms with E-state index in [0.717, 1.165) is 10.7 Å². The molecule has 1 rings (SSSR count). The highest BCUT2D eigenvalue weighted by Gasteiger charge is 2.31. The molecule has 0 N–H and O–H groups in total. The highest BCUT2D eigenvalue weighted by molar-refractivity contribution is 7.09. The van der Waals surface area contributed by atoms with Gasteiger partial charge in [-0.1, -0.05) is 20.8 Å². The summed E-state index contributed by atoms with van der Waals surface area (Å²) >= 11 is 1.45. The Morgan fingerprint density at radius 3 is 2.10 bits per heavy atom. The van der Waals surface area contributed by atoms with Crippen LogP contribution in [-0.2, 0) is 30.9 Å². The summed E-state index contributed by atoms with van der Waals surface area (Å²) < 4.78 is 9.91. The smallest absolute Gasteiger partial charge is 0.320 e. The molecular formula is C15H23NO4S. The van der Waals surface area contributed by atoms with Gasteiger partial charge in [-0.25, -0.2) is 4.98 Å². The number of nitrogens with zero attached hydrogens (tertiary/aromatic N) is 1. The third kappa shape index (κ3) is 5.12. The van der Waals surface area contributed by atoms with Gasteiger partial charge in [0.2, 0.25) is 0 Å². The van der Waals surface area contributed by atoms with Crippen LogP contribution >= 0.6 is 11.3 Å².